The molecule has 168 valence electrons. The van der Waals surface area contributed by atoms with Crippen LogP contribution in [0.25, 0.3) is 0 Å². The van der Waals surface area contributed by atoms with Gasteiger partial charge in [-0.25, -0.2) is 4.98 Å². The maximum atomic E-state index is 10.3. The Morgan fingerprint density at radius 3 is 2.81 bits per heavy atom. The smallest absolute Gasteiger partial charge is 0.229 e. The third kappa shape index (κ3) is 5.86. The lowest BCUT2D eigenvalue weighted by Crippen LogP contribution is -2.36. The van der Waals surface area contributed by atoms with Crippen LogP contribution >= 0.6 is 11.6 Å². The zero-order chi connectivity index (χ0) is 21.6. The molecule has 1 aromatic heterocycles. The highest BCUT2D eigenvalue weighted by atomic mass is 35.5. The molecule has 0 unspecified atom stereocenters. The zero-order valence-corrected chi connectivity index (χ0v) is 18.9. The number of methoxy groups -OCH3 is 1. The number of aliphatic hydroxyl groups is 1. The van der Waals surface area contributed by atoms with E-state index in [0.717, 1.165) is 70.5 Å². The maximum absolute atomic E-state index is 10.3. The summed E-state index contributed by atoms with van der Waals surface area (Å²) in [6, 6.07) is 6.46. The Hall–Kier alpha value is -1.93. The highest BCUT2D eigenvalue weighted by Gasteiger charge is 2.24. The average molecular weight is 446 g/mol. The van der Waals surface area contributed by atoms with Crippen LogP contribution in [0, 0.1) is 0 Å². The molecule has 2 heterocycles. The van der Waals surface area contributed by atoms with E-state index in [2.05, 4.69) is 43.7 Å². The van der Waals surface area contributed by atoms with Crippen molar-refractivity contribution in [3.63, 3.8) is 0 Å². The number of hydrogen-bond acceptors (Lipinski definition) is 7. The fourth-order valence-corrected chi connectivity index (χ4v) is 4.55. The normalized spacial score (nSPS) is 21.9. The van der Waals surface area contributed by atoms with Gasteiger partial charge >= 0.3 is 0 Å². The Kier molecular flexibility index (Phi) is 7.61. The molecule has 2 atom stereocenters. The van der Waals surface area contributed by atoms with E-state index in [-0.39, 0.29) is 12.1 Å². The summed E-state index contributed by atoms with van der Waals surface area (Å²) in [7, 11) is 1.75. The molecule has 1 aliphatic carbocycles. The molecule has 0 amide bonds. The summed E-state index contributed by atoms with van der Waals surface area (Å²) in [4.78, 5) is 11.4. The van der Waals surface area contributed by atoms with E-state index in [9.17, 15) is 5.11 Å². The summed E-state index contributed by atoms with van der Waals surface area (Å²) >= 11 is 6.32. The van der Waals surface area contributed by atoms with Gasteiger partial charge in [0.1, 0.15) is 5.02 Å². The lowest BCUT2D eigenvalue weighted by molar-refractivity contribution is 0.116. The molecule has 3 N–H and O–H groups in total. The maximum Gasteiger partial charge on any atom is 0.229 e. The van der Waals surface area contributed by atoms with Crippen molar-refractivity contribution in [3.8, 4) is 0 Å². The van der Waals surface area contributed by atoms with Gasteiger partial charge in [-0.15, -0.1) is 0 Å². The number of aliphatic hydroxyl groups excluding tert-OH is 1. The van der Waals surface area contributed by atoms with E-state index in [4.69, 9.17) is 16.3 Å². The number of aromatic nitrogens is 2. The van der Waals surface area contributed by atoms with Gasteiger partial charge in [0.15, 0.2) is 5.82 Å². The first-order valence-electron chi connectivity index (χ1n) is 11.2. The molecule has 0 spiro atoms. The van der Waals surface area contributed by atoms with Crippen molar-refractivity contribution in [3.05, 3.63) is 40.5 Å². The molecule has 0 bridgehead atoms. The minimum Gasteiger partial charge on any atom is -0.391 e. The van der Waals surface area contributed by atoms with Crippen molar-refractivity contribution in [2.45, 2.75) is 50.7 Å². The van der Waals surface area contributed by atoms with Gasteiger partial charge in [0.05, 0.1) is 24.9 Å². The standard InChI is InChI=1S/C23H32ClN5O2/c1-31-13-12-29-10-8-16-6-7-18(14-17(16)9-11-29)26-23-25-15-19(24)22(28-23)27-20-4-2-3-5-21(20)30/h6-7,14-15,20-21,30H,2-5,8-13H2,1H3,(H2,25,26,27,28)/t20-,21-/m1/s1. The SMILES string of the molecule is COCCN1CCc2ccc(Nc3ncc(Cl)c(N[C@@H]4CCCC[C@H]4O)n3)cc2CC1. The third-order valence-corrected chi connectivity index (χ3v) is 6.54. The summed E-state index contributed by atoms with van der Waals surface area (Å²) in [5.74, 6) is 1.06. The van der Waals surface area contributed by atoms with E-state index < -0.39 is 0 Å². The second kappa shape index (κ2) is 10.6. The third-order valence-electron chi connectivity index (χ3n) is 6.26. The molecule has 31 heavy (non-hydrogen) atoms. The van der Waals surface area contributed by atoms with Gasteiger partial charge < -0.3 is 25.4 Å². The van der Waals surface area contributed by atoms with Crippen molar-refractivity contribution < 1.29 is 9.84 Å². The monoisotopic (exact) mass is 445 g/mol. The van der Waals surface area contributed by atoms with Gasteiger partial charge in [-0.2, -0.15) is 4.98 Å². The number of fused-ring (bicyclic) bond motifs is 1. The van der Waals surface area contributed by atoms with Gasteiger partial charge in [0.25, 0.3) is 0 Å². The molecule has 0 radical (unpaired) electrons. The fourth-order valence-electron chi connectivity index (χ4n) is 4.41. The highest BCUT2D eigenvalue weighted by molar-refractivity contribution is 6.32. The molecule has 1 aliphatic heterocycles. The lowest BCUT2D eigenvalue weighted by atomic mass is 9.93. The van der Waals surface area contributed by atoms with Gasteiger partial charge in [0, 0.05) is 32.4 Å². The molecule has 1 fully saturated rings. The molecule has 1 aromatic carbocycles. The summed E-state index contributed by atoms with van der Waals surface area (Å²) in [6.45, 7) is 3.84. The number of hydrogen-bond donors (Lipinski definition) is 3. The molecule has 1 saturated carbocycles. The number of anilines is 3. The Bertz CT molecular complexity index is 881. The Labute approximate surface area is 189 Å². The van der Waals surface area contributed by atoms with Crippen LogP contribution in [0.4, 0.5) is 17.5 Å². The van der Waals surface area contributed by atoms with Crippen LogP contribution in [0.5, 0.6) is 0 Å². The molecular formula is C23H32ClN5O2. The summed E-state index contributed by atoms with van der Waals surface area (Å²) < 4.78 is 5.23. The van der Waals surface area contributed by atoms with Crippen molar-refractivity contribution in [1.29, 1.82) is 0 Å². The van der Waals surface area contributed by atoms with Crippen LogP contribution < -0.4 is 10.6 Å². The van der Waals surface area contributed by atoms with Crippen molar-refractivity contribution in [2.24, 2.45) is 0 Å². The van der Waals surface area contributed by atoms with E-state index in [1.807, 2.05) is 0 Å². The number of ether oxygens (including phenoxy) is 1. The highest BCUT2D eigenvalue weighted by Crippen LogP contribution is 2.27. The molecule has 2 aromatic rings. The average Bonchev–Trinajstić information content (AvgIpc) is 2.98. The molecular weight excluding hydrogens is 414 g/mol. The van der Waals surface area contributed by atoms with E-state index in [1.165, 1.54) is 11.1 Å². The Morgan fingerprint density at radius 2 is 2.00 bits per heavy atom. The minimum atomic E-state index is -0.371. The van der Waals surface area contributed by atoms with Gasteiger partial charge in [-0.1, -0.05) is 30.5 Å². The van der Waals surface area contributed by atoms with E-state index in [1.54, 1.807) is 13.3 Å². The Morgan fingerprint density at radius 1 is 1.19 bits per heavy atom. The van der Waals surface area contributed by atoms with Gasteiger partial charge in [-0.05, 0) is 48.9 Å². The second-order valence-electron chi connectivity index (χ2n) is 8.44. The van der Waals surface area contributed by atoms with E-state index >= 15 is 0 Å². The van der Waals surface area contributed by atoms with Gasteiger partial charge in [-0.3, -0.25) is 0 Å². The van der Waals surface area contributed by atoms with Crippen LogP contribution in [0.1, 0.15) is 36.8 Å². The molecule has 2 aliphatic rings. The first kappa shape index (κ1) is 22.3. The molecule has 0 saturated heterocycles. The summed E-state index contributed by atoms with van der Waals surface area (Å²) in [5.41, 5.74) is 3.73. The predicted molar refractivity (Wildman–Crippen MR) is 124 cm³/mol. The van der Waals surface area contributed by atoms with Crippen LogP contribution in [-0.2, 0) is 17.6 Å². The summed E-state index contributed by atoms with van der Waals surface area (Å²) in [6.07, 6.45) is 7.18. The first-order valence-corrected chi connectivity index (χ1v) is 11.6. The van der Waals surface area contributed by atoms with Gasteiger partial charge in [0.2, 0.25) is 5.95 Å². The number of halogens is 1. The molecule has 8 heteroatoms. The summed E-state index contributed by atoms with van der Waals surface area (Å²) in [5, 5.41) is 17.3. The molecule has 4 rings (SSSR count). The van der Waals surface area contributed by atoms with Crippen LogP contribution in [-0.4, -0.2) is 65.5 Å². The van der Waals surface area contributed by atoms with Crippen LogP contribution in [0.15, 0.2) is 24.4 Å². The Balaban J connectivity index is 1.43. The van der Waals surface area contributed by atoms with Crippen molar-refractivity contribution in [2.75, 3.05) is 44.0 Å². The number of nitrogens with one attached hydrogen (secondary N) is 2. The zero-order valence-electron chi connectivity index (χ0n) is 18.1. The number of nitrogens with zero attached hydrogens (tertiary/aromatic N) is 3. The quantitative estimate of drug-likeness (QED) is 0.600. The number of benzene rings is 1. The predicted octanol–water partition coefficient (Wildman–Crippen LogP) is 3.64. The molecule has 7 nitrogen and oxygen atoms in total. The van der Waals surface area contributed by atoms with E-state index in [0.29, 0.717) is 16.8 Å². The number of rotatable bonds is 7. The van der Waals surface area contributed by atoms with Crippen LogP contribution in [0.3, 0.4) is 0 Å². The first-order chi connectivity index (χ1) is 15.1. The largest absolute Gasteiger partial charge is 0.391 e. The lowest BCUT2D eigenvalue weighted by Gasteiger charge is -2.29. The van der Waals surface area contributed by atoms with Crippen molar-refractivity contribution >= 4 is 29.1 Å². The van der Waals surface area contributed by atoms with Crippen molar-refractivity contribution in [1.82, 2.24) is 14.9 Å². The van der Waals surface area contributed by atoms with Crippen LogP contribution in [0.2, 0.25) is 5.02 Å². The minimum absolute atomic E-state index is 0.0254. The topological polar surface area (TPSA) is 82.5 Å². The second-order valence-corrected chi connectivity index (χ2v) is 8.84. The fraction of sp³-hybridized carbons (Fsp3) is 0.565.